The number of hydrogen-bond donors (Lipinski definition) is 2. The smallest absolute Gasteiger partial charge is 0.0954 e. The highest BCUT2D eigenvalue weighted by molar-refractivity contribution is 7.09. The number of nitrogens with one attached hydrogen (secondary N) is 1. The van der Waals surface area contributed by atoms with Crippen molar-refractivity contribution in [3.63, 3.8) is 0 Å². The molecule has 0 saturated heterocycles. The summed E-state index contributed by atoms with van der Waals surface area (Å²) >= 11 is 1.72. The maximum atomic E-state index is 8.86. The molecule has 0 fully saturated rings. The van der Waals surface area contributed by atoms with Crippen LogP contribution in [0.2, 0.25) is 0 Å². The summed E-state index contributed by atoms with van der Waals surface area (Å²) < 4.78 is 0. The average Bonchev–Trinajstić information content (AvgIpc) is 2.66. The number of thiazole rings is 1. The Bertz CT molecular complexity index is 291. The van der Waals surface area contributed by atoms with E-state index in [1.807, 2.05) is 6.92 Å². The van der Waals surface area contributed by atoms with E-state index < -0.39 is 0 Å². The lowest BCUT2D eigenvalue weighted by molar-refractivity contribution is 0.233. The molecule has 94 valence electrons. The van der Waals surface area contributed by atoms with Gasteiger partial charge in [-0.25, -0.2) is 4.98 Å². The number of halogens is 1. The molecule has 0 radical (unpaired) electrons. The molecule has 0 aliphatic heterocycles. The number of hydrogen-bond acceptors (Lipinski definition) is 4. The minimum Gasteiger partial charge on any atom is -0.396 e. The van der Waals surface area contributed by atoms with Crippen LogP contribution in [0.15, 0.2) is 5.38 Å². The monoisotopic (exact) mass is 264 g/mol. The van der Waals surface area contributed by atoms with Crippen molar-refractivity contribution in [3.05, 3.63) is 16.1 Å². The van der Waals surface area contributed by atoms with Gasteiger partial charge in [0.2, 0.25) is 0 Å². The Balaban J connectivity index is 0.00000225. The topological polar surface area (TPSA) is 45.1 Å². The highest BCUT2D eigenvalue weighted by Crippen LogP contribution is 2.18. The summed E-state index contributed by atoms with van der Waals surface area (Å²) in [7, 11) is 0. The molecule has 1 aromatic rings. The molecule has 3 nitrogen and oxygen atoms in total. The van der Waals surface area contributed by atoms with Crippen LogP contribution in [0.4, 0.5) is 0 Å². The molecule has 1 unspecified atom stereocenters. The molecule has 0 spiro atoms. The molecule has 0 aliphatic carbocycles. The zero-order valence-corrected chi connectivity index (χ0v) is 11.7. The van der Waals surface area contributed by atoms with Gasteiger partial charge in [-0.05, 0) is 5.92 Å². The molecule has 16 heavy (non-hydrogen) atoms. The lowest BCUT2D eigenvalue weighted by Crippen LogP contribution is -2.22. The van der Waals surface area contributed by atoms with E-state index in [4.69, 9.17) is 5.11 Å². The zero-order valence-electron chi connectivity index (χ0n) is 10.1. The van der Waals surface area contributed by atoms with E-state index >= 15 is 0 Å². The Morgan fingerprint density at radius 3 is 2.62 bits per heavy atom. The van der Waals surface area contributed by atoms with E-state index in [1.54, 1.807) is 11.3 Å². The van der Waals surface area contributed by atoms with Gasteiger partial charge < -0.3 is 10.4 Å². The molecule has 1 aromatic heterocycles. The SMILES string of the molecule is CC(CO)CNCc1csc(C(C)C)n1.Cl. The van der Waals surface area contributed by atoms with E-state index in [0.717, 1.165) is 18.8 Å². The normalized spacial score (nSPS) is 12.6. The van der Waals surface area contributed by atoms with Crippen molar-refractivity contribution in [3.8, 4) is 0 Å². The summed E-state index contributed by atoms with van der Waals surface area (Å²) in [4.78, 5) is 4.53. The van der Waals surface area contributed by atoms with Gasteiger partial charge in [0, 0.05) is 31.0 Å². The van der Waals surface area contributed by atoms with Gasteiger partial charge in [0.15, 0.2) is 0 Å². The van der Waals surface area contributed by atoms with Gasteiger partial charge in [0.05, 0.1) is 10.7 Å². The van der Waals surface area contributed by atoms with E-state index in [-0.39, 0.29) is 19.0 Å². The molecule has 0 saturated carbocycles. The fourth-order valence-electron chi connectivity index (χ4n) is 1.18. The van der Waals surface area contributed by atoms with Crippen molar-refractivity contribution in [2.75, 3.05) is 13.2 Å². The van der Waals surface area contributed by atoms with Gasteiger partial charge in [-0.3, -0.25) is 0 Å². The van der Waals surface area contributed by atoms with Crippen LogP contribution < -0.4 is 5.32 Å². The number of aromatic nitrogens is 1. The summed E-state index contributed by atoms with van der Waals surface area (Å²) in [5, 5.41) is 15.4. The Morgan fingerprint density at radius 1 is 1.44 bits per heavy atom. The Kier molecular flexibility index (Phi) is 7.93. The van der Waals surface area contributed by atoms with E-state index in [9.17, 15) is 0 Å². The first-order valence-electron chi connectivity index (χ1n) is 5.39. The molecule has 0 amide bonds. The van der Waals surface area contributed by atoms with Crippen LogP contribution in [-0.2, 0) is 6.54 Å². The maximum absolute atomic E-state index is 8.86. The fraction of sp³-hybridized carbons (Fsp3) is 0.727. The number of rotatable bonds is 6. The van der Waals surface area contributed by atoms with Crippen molar-refractivity contribution in [2.45, 2.75) is 33.2 Å². The average molecular weight is 265 g/mol. The van der Waals surface area contributed by atoms with Crippen molar-refractivity contribution < 1.29 is 5.11 Å². The van der Waals surface area contributed by atoms with Crippen molar-refractivity contribution in [1.82, 2.24) is 10.3 Å². The van der Waals surface area contributed by atoms with Crippen LogP contribution in [0, 0.1) is 5.92 Å². The molecule has 1 heterocycles. The van der Waals surface area contributed by atoms with Gasteiger partial charge in [-0.2, -0.15) is 0 Å². The summed E-state index contributed by atoms with van der Waals surface area (Å²) in [5.41, 5.74) is 1.11. The van der Waals surface area contributed by atoms with Gasteiger partial charge in [0.1, 0.15) is 0 Å². The van der Waals surface area contributed by atoms with Crippen molar-refractivity contribution in [2.24, 2.45) is 5.92 Å². The molecule has 0 aliphatic rings. The molecule has 0 aromatic carbocycles. The summed E-state index contributed by atoms with van der Waals surface area (Å²) in [5.74, 6) is 0.827. The Hall–Kier alpha value is -0.160. The van der Waals surface area contributed by atoms with Gasteiger partial charge in [-0.15, -0.1) is 23.7 Å². The zero-order chi connectivity index (χ0) is 11.3. The first-order valence-corrected chi connectivity index (χ1v) is 6.27. The first kappa shape index (κ1) is 15.8. The quantitative estimate of drug-likeness (QED) is 0.829. The largest absolute Gasteiger partial charge is 0.396 e. The second-order valence-corrected chi connectivity index (χ2v) is 5.14. The second-order valence-electron chi connectivity index (χ2n) is 4.25. The molecular weight excluding hydrogens is 244 g/mol. The fourth-order valence-corrected chi connectivity index (χ4v) is 2.02. The number of nitrogens with zero attached hydrogens (tertiary/aromatic N) is 1. The summed E-state index contributed by atoms with van der Waals surface area (Å²) in [6, 6.07) is 0. The lowest BCUT2D eigenvalue weighted by atomic mass is 10.2. The highest BCUT2D eigenvalue weighted by Gasteiger charge is 2.05. The molecule has 2 N–H and O–H groups in total. The second kappa shape index (κ2) is 8.01. The van der Waals surface area contributed by atoms with Crippen LogP contribution >= 0.6 is 23.7 Å². The highest BCUT2D eigenvalue weighted by atomic mass is 35.5. The minimum absolute atomic E-state index is 0. The predicted octanol–water partition coefficient (Wildman–Crippen LogP) is 2.41. The van der Waals surface area contributed by atoms with Gasteiger partial charge in [0.25, 0.3) is 0 Å². The van der Waals surface area contributed by atoms with Crippen LogP contribution in [0.25, 0.3) is 0 Å². The minimum atomic E-state index is 0. The Labute approximate surface area is 108 Å². The van der Waals surface area contributed by atoms with Crippen LogP contribution in [-0.4, -0.2) is 23.2 Å². The molecule has 1 atom stereocenters. The first-order chi connectivity index (χ1) is 7.13. The van der Waals surface area contributed by atoms with Gasteiger partial charge in [-0.1, -0.05) is 20.8 Å². The number of aliphatic hydroxyl groups is 1. The standard InChI is InChI=1S/C11H20N2OS.ClH/c1-8(2)11-13-10(7-15-11)5-12-4-9(3)6-14;/h7-9,12,14H,4-6H2,1-3H3;1H. The molecular formula is C11H21ClN2OS. The van der Waals surface area contributed by atoms with E-state index in [0.29, 0.717) is 11.8 Å². The Morgan fingerprint density at radius 2 is 2.12 bits per heavy atom. The van der Waals surface area contributed by atoms with Crippen LogP contribution in [0.5, 0.6) is 0 Å². The predicted molar refractivity (Wildman–Crippen MR) is 71.4 cm³/mol. The third-order valence-electron chi connectivity index (χ3n) is 2.17. The third kappa shape index (κ3) is 5.25. The number of aliphatic hydroxyl groups excluding tert-OH is 1. The third-order valence-corrected chi connectivity index (χ3v) is 3.37. The molecule has 0 bridgehead atoms. The maximum Gasteiger partial charge on any atom is 0.0954 e. The van der Waals surface area contributed by atoms with E-state index in [1.165, 1.54) is 5.01 Å². The molecule has 1 rings (SSSR count). The summed E-state index contributed by atoms with van der Waals surface area (Å²) in [6.07, 6.45) is 0. The lowest BCUT2D eigenvalue weighted by Gasteiger charge is -2.07. The summed E-state index contributed by atoms with van der Waals surface area (Å²) in [6.45, 7) is 8.21. The van der Waals surface area contributed by atoms with Gasteiger partial charge >= 0.3 is 0 Å². The molecule has 5 heteroatoms. The van der Waals surface area contributed by atoms with Crippen LogP contribution in [0.3, 0.4) is 0 Å². The van der Waals surface area contributed by atoms with Crippen molar-refractivity contribution in [1.29, 1.82) is 0 Å². The van der Waals surface area contributed by atoms with Crippen molar-refractivity contribution >= 4 is 23.7 Å². The van der Waals surface area contributed by atoms with Crippen LogP contribution in [0.1, 0.15) is 37.4 Å². The van der Waals surface area contributed by atoms with E-state index in [2.05, 4.69) is 29.5 Å².